The van der Waals surface area contributed by atoms with E-state index in [9.17, 15) is 14.4 Å². The lowest BCUT2D eigenvalue weighted by Gasteiger charge is -2.20. The van der Waals surface area contributed by atoms with Gasteiger partial charge in [-0.25, -0.2) is 0 Å². The summed E-state index contributed by atoms with van der Waals surface area (Å²) in [4.78, 5) is 36.1. The molecule has 0 saturated carbocycles. The summed E-state index contributed by atoms with van der Waals surface area (Å²) in [7, 11) is 0. The molecule has 0 aliphatic rings. The average Bonchev–Trinajstić information content (AvgIpc) is 2.51. The molecule has 0 fully saturated rings. The van der Waals surface area contributed by atoms with Gasteiger partial charge in [0.15, 0.2) is 0 Å². The van der Waals surface area contributed by atoms with Crippen LogP contribution >= 0.6 is 0 Å². The van der Waals surface area contributed by atoms with Crippen molar-refractivity contribution in [2.75, 3.05) is 12.3 Å². The highest BCUT2D eigenvalue weighted by Gasteiger charge is 2.19. The molecule has 0 aliphatic carbocycles. The lowest BCUT2D eigenvalue weighted by molar-refractivity contribution is -0.125. The second-order valence-corrected chi connectivity index (χ2v) is 6.62. The largest absolute Gasteiger partial charge is 0.399 e. The van der Waals surface area contributed by atoms with Crippen LogP contribution in [0.5, 0.6) is 0 Å². The lowest BCUT2D eigenvalue weighted by atomic mass is 10.1. The van der Waals surface area contributed by atoms with Gasteiger partial charge in [0, 0.05) is 36.2 Å². The van der Waals surface area contributed by atoms with Crippen LogP contribution in [0.4, 0.5) is 5.69 Å². The highest BCUT2D eigenvalue weighted by molar-refractivity contribution is 5.95. The van der Waals surface area contributed by atoms with E-state index < -0.39 is 6.04 Å². The van der Waals surface area contributed by atoms with Crippen LogP contribution in [0.2, 0.25) is 0 Å². The molecular formula is C18H28N4O3. The van der Waals surface area contributed by atoms with Crippen molar-refractivity contribution < 1.29 is 14.4 Å². The van der Waals surface area contributed by atoms with Gasteiger partial charge in [-0.2, -0.15) is 0 Å². The third-order valence-electron chi connectivity index (χ3n) is 3.44. The second-order valence-electron chi connectivity index (χ2n) is 6.62. The lowest BCUT2D eigenvalue weighted by Crippen LogP contribution is -2.47. The maximum atomic E-state index is 12.4. The Kier molecular flexibility index (Phi) is 7.91. The molecular weight excluding hydrogens is 320 g/mol. The van der Waals surface area contributed by atoms with Gasteiger partial charge in [-0.15, -0.1) is 0 Å². The number of nitrogens with one attached hydrogen (secondary N) is 3. The number of carbonyl (C=O) groups excluding carboxylic acids is 3. The van der Waals surface area contributed by atoms with Crippen LogP contribution in [0.1, 0.15) is 44.5 Å². The van der Waals surface area contributed by atoms with E-state index >= 15 is 0 Å². The van der Waals surface area contributed by atoms with E-state index in [1.54, 1.807) is 38.1 Å². The molecule has 0 bridgehead atoms. The first-order chi connectivity index (χ1) is 11.7. The van der Waals surface area contributed by atoms with Crippen LogP contribution in [-0.2, 0) is 9.59 Å². The van der Waals surface area contributed by atoms with Gasteiger partial charge in [-0.05, 0) is 38.1 Å². The molecule has 25 heavy (non-hydrogen) atoms. The van der Waals surface area contributed by atoms with Crippen molar-refractivity contribution in [3.63, 3.8) is 0 Å². The Morgan fingerprint density at radius 1 is 1.00 bits per heavy atom. The molecule has 0 radical (unpaired) electrons. The Hall–Kier alpha value is -2.57. The summed E-state index contributed by atoms with van der Waals surface area (Å²) in [6.07, 6.45) is 0.0806. The molecule has 0 spiro atoms. The summed E-state index contributed by atoms with van der Waals surface area (Å²) in [5, 5.41) is 8.33. The Morgan fingerprint density at radius 3 is 2.12 bits per heavy atom. The fraction of sp³-hybridized carbons (Fsp3) is 0.500. The minimum Gasteiger partial charge on any atom is -0.399 e. The van der Waals surface area contributed by atoms with Crippen LogP contribution in [0, 0.1) is 5.92 Å². The highest BCUT2D eigenvalue weighted by atomic mass is 16.2. The smallest absolute Gasteiger partial charge is 0.251 e. The van der Waals surface area contributed by atoms with E-state index in [1.165, 1.54) is 0 Å². The first-order valence-electron chi connectivity index (χ1n) is 8.42. The van der Waals surface area contributed by atoms with Crippen LogP contribution < -0.4 is 21.7 Å². The molecule has 5 N–H and O–H groups in total. The summed E-state index contributed by atoms with van der Waals surface area (Å²) in [5.41, 5.74) is 6.62. The number of nitrogen functional groups attached to an aromatic ring is 1. The fourth-order valence-corrected chi connectivity index (χ4v) is 2.11. The molecule has 1 unspecified atom stereocenters. The Bertz CT molecular complexity index is 597. The van der Waals surface area contributed by atoms with Gasteiger partial charge in [0.2, 0.25) is 11.8 Å². The standard InChI is InChI=1S/C18H28N4O3/c1-11(2)17(24)20-10-15(9-16(23)21-12(3)4)22-18(25)13-5-7-14(19)8-6-13/h5-8,11-12,15H,9-10,19H2,1-4H3,(H,20,24)(H,21,23)(H,22,25). The number of rotatable bonds is 8. The number of amides is 3. The second kappa shape index (κ2) is 9.66. The van der Waals surface area contributed by atoms with Gasteiger partial charge >= 0.3 is 0 Å². The van der Waals surface area contributed by atoms with Crippen molar-refractivity contribution in [2.24, 2.45) is 5.92 Å². The fourth-order valence-electron chi connectivity index (χ4n) is 2.11. The van der Waals surface area contributed by atoms with Crippen LogP contribution in [0.15, 0.2) is 24.3 Å². The number of nitrogens with two attached hydrogens (primary N) is 1. The number of hydrogen-bond donors (Lipinski definition) is 4. The van der Waals surface area contributed by atoms with Crippen molar-refractivity contribution in [1.82, 2.24) is 16.0 Å². The molecule has 3 amide bonds. The molecule has 1 atom stereocenters. The minimum atomic E-state index is -0.508. The first kappa shape index (κ1) is 20.5. The van der Waals surface area contributed by atoms with E-state index in [4.69, 9.17) is 5.73 Å². The van der Waals surface area contributed by atoms with E-state index in [2.05, 4.69) is 16.0 Å². The van der Waals surface area contributed by atoms with Gasteiger partial charge in [0.25, 0.3) is 5.91 Å². The Labute approximate surface area is 148 Å². The van der Waals surface area contributed by atoms with Gasteiger partial charge < -0.3 is 21.7 Å². The van der Waals surface area contributed by atoms with Gasteiger partial charge in [-0.3, -0.25) is 14.4 Å². The van der Waals surface area contributed by atoms with Gasteiger partial charge in [-0.1, -0.05) is 13.8 Å². The Balaban J connectivity index is 2.74. The number of carbonyl (C=O) groups is 3. The maximum Gasteiger partial charge on any atom is 0.251 e. The number of hydrogen-bond acceptors (Lipinski definition) is 4. The van der Waals surface area contributed by atoms with E-state index in [0.29, 0.717) is 11.3 Å². The van der Waals surface area contributed by atoms with E-state index in [1.807, 2.05) is 13.8 Å². The molecule has 0 heterocycles. The summed E-state index contributed by atoms with van der Waals surface area (Å²) in [6.45, 7) is 7.47. The molecule has 1 aromatic rings. The van der Waals surface area contributed by atoms with Crippen LogP contribution in [0.3, 0.4) is 0 Å². The quantitative estimate of drug-likeness (QED) is 0.526. The topological polar surface area (TPSA) is 113 Å². The van der Waals surface area contributed by atoms with Crippen molar-refractivity contribution in [1.29, 1.82) is 0 Å². The molecule has 138 valence electrons. The molecule has 0 aliphatic heterocycles. The zero-order chi connectivity index (χ0) is 19.0. The van der Waals surface area contributed by atoms with E-state index in [0.717, 1.165) is 0 Å². The summed E-state index contributed by atoms with van der Waals surface area (Å²) in [5.74, 6) is -0.800. The van der Waals surface area contributed by atoms with Gasteiger partial charge in [0.05, 0.1) is 6.04 Å². The maximum absolute atomic E-state index is 12.4. The summed E-state index contributed by atoms with van der Waals surface area (Å²) >= 11 is 0. The monoisotopic (exact) mass is 348 g/mol. The van der Waals surface area contributed by atoms with Crippen LogP contribution in [0.25, 0.3) is 0 Å². The zero-order valence-corrected chi connectivity index (χ0v) is 15.3. The van der Waals surface area contributed by atoms with Crippen molar-refractivity contribution >= 4 is 23.4 Å². The highest BCUT2D eigenvalue weighted by Crippen LogP contribution is 2.06. The predicted molar refractivity (Wildman–Crippen MR) is 97.9 cm³/mol. The summed E-state index contributed by atoms with van der Waals surface area (Å²) < 4.78 is 0. The average molecular weight is 348 g/mol. The third kappa shape index (κ3) is 7.69. The molecule has 7 nitrogen and oxygen atoms in total. The predicted octanol–water partition coefficient (Wildman–Crippen LogP) is 1.05. The number of benzene rings is 1. The Morgan fingerprint density at radius 2 is 1.60 bits per heavy atom. The molecule has 1 aromatic carbocycles. The molecule has 0 saturated heterocycles. The molecule has 0 aromatic heterocycles. The SMILES string of the molecule is CC(C)NC(=O)CC(CNC(=O)C(C)C)NC(=O)c1ccc(N)cc1. The molecule has 1 rings (SSSR count). The van der Waals surface area contributed by atoms with Crippen LogP contribution in [-0.4, -0.2) is 36.3 Å². The molecule has 7 heteroatoms. The van der Waals surface area contributed by atoms with Crippen molar-refractivity contribution in [3.8, 4) is 0 Å². The minimum absolute atomic E-state index is 0.00575. The summed E-state index contributed by atoms with van der Waals surface area (Å²) in [6, 6.07) is 5.99. The first-order valence-corrected chi connectivity index (χ1v) is 8.42. The van der Waals surface area contributed by atoms with Gasteiger partial charge in [0.1, 0.15) is 0 Å². The van der Waals surface area contributed by atoms with Crippen molar-refractivity contribution in [2.45, 2.75) is 46.2 Å². The third-order valence-corrected chi connectivity index (χ3v) is 3.44. The zero-order valence-electron chi connectivity index (χ0n) is 15.3. The number of anilines is 1. The van der Waals surface area contributed by atoms with Crippen molar-refractivity contribution in [3.05, 3.63) is 29.8 Å². The normalized spacial score (nSPS) is 11.9. The van der Waals surface area contributed by atoms with E-state index in [-0.39, 0.29) is 42.6 Å².